The number of hydrogen-bond donors (Lipinski definition) is 2. The van der Waals surface area contributed by atoms with E-state index >= 15 is 0 Å². The third-order valence-electron chi connectivity index (χ3n) is 3.14. The molecule has 0 saturated heterocycles. The first-order valence-corrected chi connectivity index (χ1v) is 6.21. The van der Waals surface area contributed by atoms with Crippen molar-refractivity contribution in [1.29, 1.82) is 0 Å². The van der Waals surface area contributed by atoms with E-state index in [-0.39, 0.29) is 17.9 Å². The second kappa shape index (κ2) is 7.07. The van der Waals surface area contributed by atoms with Gasteiger partial charge in [-0.15, -0.1) is 0 Å². The molecule has 3 nitrogen and oxygen atoms in total. The lowest BCUT2D eigenvalue weighted by Crippen LogP contribution is -2.46. The molecule has 1 unspecified atom stereocenters. The summed E-state index contributed by atoms with van der Waals surface area (Å²) in [5.41, 5.74) is 6.66. The number of primary amides is 1. The molecule has 2 atom stereocenters. The van der Waals surface area contributed by atoms with Crippen molar-refractivity contribution in [1.82, 2.24) is 5.32 Å². The maximum Gasteiger partial charge on any atom is 0.234 e. The van der Waals surface area contributed by atoms with E-state index in [2.05, 4.69) is 24.4 Å². The smallest absolute Gasteiger partial charge is 0.234 e. The molecule has 3 heteroatoms. The van der Waals surface area contributed by atoms with Crippen LogP contribution in [0, 0.1) is 5.92 Å². The SMILES string of the molecule is CCC(C)[C@H](NCCc1ccccc1)C(N)=O. The van der Waals surface area contributed by atoms with E-state index in [1.165, 1.54) is 5.56 Å². The molecule has 1 aromatic rings. The lowest BCUT2D eigenvalue weighted by atomic mass is 9.98. The van der Waals surface area contributed by atoms with E-state index in [0.29, 0.717) is 0 Å². The Hall–Kier alpha value is -1.35. The summed E-state index contributed by atoms with van der Waals surface area (Å²) in [5.74, 6) is 0.0238. The second-order valence-corrected chi connectivity index (χ2v) is 4.46. The zero-order valence-electron chi connectivity index (χ0n) is 10.6. The third-order valence-corrected chi connectivity index (χ3v) is 3.14. The second-order valence-electron chi connectivity index (χ2n) is 4.46. The van der Waals surface area contributed by atoms with Gasteiger partial charge in [-0.05, 0) is 24.4 Å². The van der Waals surface area contributed by atoms with Gasteiger partial charge in [-0.1, -0.05) is 50.6 Å². The highest BCUT2D eigenvalue weighted by Gasteiger charge is 2.20. The number of carbonyl (C=O) groups excluding carboxylic acids is 1. The molecule has 0 spiro atoms. The number of carbonyl (C=O) groups is 1. The van der Waals surface area contributed by atoms with Crippen LogP contribution in [0.4, 0.5) is 0 Å². The first kappa shape index (κ1) is 13.7. The molecule has 0 bridgehead atoms. The van der Waals surface area contributed by atoms with Crippen LogP contribution in [-0.4, -0.2) is 18.5 Å². The molecule has 3 N–H and O–H groups in total. The topological polar surface area (TPSA) is 55.1 Å². The summed E-state index contributed by atoms with van der Waals surface area (Å²) < 4.78 is 0. The number of nitrogens with one attached hydrogen (secondary N) is 1. The monoisotopic (exact) mass is 234 g/mol. The number of nitrogens with two attached hydrogens (primary N) is 1. The number of hydrogen-bond acceptors (Lipinski definition) is 2. The van der Waals surface area contributed by atoms with Crippen molar-refractivity contribution in [2.75, 3.05) is 6.54 Å². The van der Waals surface area contributed by atoms with Crippen molar-refractivity contribution < 1.29 is 4.79 Å². The standard InChI is InChI=1S/C14H22N2O/c1-3-11(2)13(14(15)17)16-10-9-12-7-5-4-6-8-12/h4-8,11,13,16H,3,9-10H2,1-2H3,(H2,15,17)/t11?,13-/m0/s1. The van der Waals surface area contributed by atoms with Crippen LogP contribution in [0.3, 0.4) is 0 Å². The van der Waals surface area contributed by atoms with Crippen LogP contribution in [0.15, 0.2) is 30.3 Å². The van der Waals surface area contributed by atoms with Crippen LogP contribution < -0.4 is 11.1 Å². The van der Waals surface area contributed by atoms with E-state index in [1.54, 1.807) is 0 Å². The van der Waals surface area contributed by atoms with Crippen LogP contribution >= 0.6 is 0 Å². The van der Waals surface area contributed by atoms with Crippen molar-refractivity contribution in [3.05, 3.63) is 35.9 Å². The largest absolute Gasteiger partial charge is 0.368 e. The number of benzene rings is 1. The predicted molar refractivity (Wildman–Crippen MR) is 70.6 cm³/mol. The van der Waals surface area contributed by atoms with Gasteiger partial charge in [0.2, 0.25) is 5.91 Å². The Morgan fingerprint density at radius 1 is 1.35 bits per heavy atom. The maximum atomic E-state index is 11.3. The molecule has 0 saturated carbocycles. The summed E-state index contributed by atoms with van der Waals surface area (Å²) in [4.78, 5) is 11.3. The van der Waals surface area contributed by atoms with Gasteiger partial charge < -0.3 is 11.1 Å². The van der Waals surface area contributed by atoms with Crippen molar-refractivity contribution in [2.45, 2.75) is 32.7 Å². The first-order chi connectivity index (χ1) is 8.15. The Morgan fingerprint density at radius 2 is 2.00 bits per heavy atom. The third kappa shape index (κ3) is 4.57. The molecule has 0 aliphatic rings. The van der Waals surface area contributed by atoms with E-state index in [4.69, 9.17) is 5.73 Å². The molecular weight excluding hydrogens is 212 g/mol. The summed E-state index contributed by atoms with van der Waals surface area (Å²) in [6, 6.07) is 10.0. The number of amides is 1. The lowest BCUT2D eigenvalue weighted by molar-refractivity contribution is -0.121. The minimum Gasteiger partial charge on any atom is -0.368 e. The molecule has 94 valence electrons. The van der Waals surface area contributed by atoms with Crippen LogP contribution in [0.1, 0.15) is 25.8 Å². The molecule has 0 heterocycles. The first-order valence-electron chi connectivity index (χ1n) is 6.21. The lowest BCUT2D eigenvalue weighted by Gasteiger charge is -2.21. The van der Waals surface area contributed by atoms with Crippen molar-refractivity contribution in [3.63, 3.8) is 0 Å². The highest BCUT2D eigenvalue weighted by molar-refractivity contribution is 5.80. The zero-order chi connectivity index (χ0) is 12.7. The van der Waals surface area contributed by atoms with Crippen molar-refractivity contribution in [3.8, 4) is 0 Å². The van der Waals surface area contributed by atoms with E-state index in [9.17, 15) is 4.79 Å². The van der Waals surface area contributed by atoms with E-state index in [0.717, 1.165) is 19.4 Å². The van der Waals surface area contributed by atoms with Gasteiger partial charge in [0.25, 0.3) is 0 Å². The minimum atomic E-state index is -0.257. The van der Waals surface area contributed by atoms with Crippen molar-refractivity contribution >= 4 is 5.91 Å². The molecule has 0 radical (unpaired) electrons. The Balaban J connectivity index is 2.40. The zero-order valence-corrected chi connectivity index (χ0v) is 10.6. The molecule has 17 heavy (non-hydrogen) atoms. The molecule has 1 amide bonds. The summed E-state index contributed by atoms with van der Waals surface area (Å²) in [6.07, 6.45) is 1.87. The quantitative estimate of drug-likeness (QED) is 0.754. The van der Waals surface area contributed by atoms with Gasteiger partial charge in [0, 0.05) is 0 Å². The normalized spacial score (nSPS) is 14.2. The van der Waals surface area contributed by atoms with E-state index in [1.807, 2.05) is 25.1 Å². The molecule has 0 aliphatic carbocycles. The highest BCUT2D eigenvalue weighted by Crippen LogP contribution is 2.07. The average molecular weight is 234 g/mol. The van der Waals surface area contributed by atoms with Crippen LogP contribution in [0.2, 0.25) is 0 Å². The van der Waals surface area contributed by atoms with Gasteiger partial charge in [-0.25, -0.2) is 0 Å². The summed E-state index contributed by atoms with van der Waals surface area (Å²) >= 11 is 0. The van der Waals surface area contributed by atoms with Crippen LogP contribution in [0.25, 0.3) is 0 Å². The Morgan fingerprint density at radius 3 is 2.53 bits per heavy atom. The predicted octanol–water partition coefficient (Wildman–Crippen LogP) is 1.72. The van der Waals surface area contributed by atoms with Crippen molar-refractivity contribution in [2.24, 2.45) is 11.7 Å². The van der Waals surface area contributed by atoms with E-state index < -0.39 is 0 Å². The molecule has 1 aromatic carbocycles. The maximum absolute atomic E-state index is 11.3. The number of rotatable bonds is 7. The summed E-state index contributed by atoms with van der Waals surface area (Å²) in [6.45, 7) is 4.90. The molecule has 0 aliphatic heterocycles. The van der Waals surface area contributed by atoms with Gasteiger partial charge in [0.1, 0.15) is 0 Å². The average Bonchev–Trinajstić information content (AvgIpc) is 2.34. The van der Waals surface area contributed by atoms with Gasteiger partial charge in [-0.3, -0.25) is 4.79 Å². The van der Waals surface area contributed by atoms with Crippen LogP contribution in [0.5, 0.6) is 0 Å². The fourth-order valence-corrected chi connectivity index (χ4v) is 1.83. The van der Waals surface area contributed by atoms with Gasteiger partial charge in [0.05, 0.1) is 6.04 Å². The van der Waals surface area contributed by atoms with Gasteiger partial charge in [-0.2, -0.15) is 0 Å². The fraction of sp³-hybridized carbons (Fsp3) is 0.500. The minimum absolute atomic E-state index is 0.219. The molecular formula is C14H22N2O. The van der Waals surface area contributed by atoms with Crippen LogP contribution in [-0.2, 0) is 11.2 Å². The molecule has 1 rings (SSSR count). The summed E-state index contributed by atoms with van der Waals surface area (Å²) in [7, 11) is 0. The Kier molecular flexibility index (Phi) is 5.70. The van der Waals surface area contributed by atoms with Gasteiger partial charge in [0.15, 0.2) is 0 Å². The summed E-state index contributed by atoms with van der Waals surface area (Å²) in [5, 5.41) is 3.24. The van der Waals surface area contributed by atoms with Gasteiger partial charge >= 0.3 is 0 Å². The highest BCUT2D eigenvalue weighted by atomic mass is 16.1. The fourth-order valence-electron chi connectivity index (χ4n) is 1.83. The molecule has 0 fully saturated rings. The Bertz CT molecular complexity index is 337. The molecule has 0 aromatic heterocycles. The Labute approximate surface area is 103 Å².